The molecule has 0 spiro atoms. The topological polar surface area (TPSA) is 51.7 Å². The average Bonchev–Trinajstić information content (AvgIpc) is 2.92. The van der Waals surface area contributed by atoms with Gasteiger partial charge in [-0.25, -0.2) is 9.78 Å². The molecule has 0 radical (unpaired) electrons. The first-order valence-electron chi connectivity index (χ1n) is 7.79. The van der Waals surface area contributed by atoms with E-state index in [9.17, 15) is 18.0 Å². The molecule has 140 valence electrons. The van der Waals surface area contributed by atoms with Crippen molar-refractivity contribution in [1.82, 2.24) is 9.88 Å². The van der Waals surface area contributed by atoms with Crippen molar-refractivity contribution in [2.75, 3.05) is 19.7 Å². The predicted molar refractivity (Wildman–Crippen MR) is 85.7 cm³/mol. The molecule has 1 unspecified atom stereocenters. The smallest absolute Gasteiger partial charge is 0.417 e. The van der Waals surface area contributed by atoms with Crippen molar-refractivity contribution < 1.29 is 27.4 Å². The number of nitrogens with zero attached hydrogens (tertiary/aromatic N) is 2. The highest BCUT2D eigenvalue weighted by Crippen LogP contribution is 2.33. The van der Waals surface area contributed by atoms with Gasteiger partial charge in [0.1, 0.15) is 10.6 Å². The Balaban J connectivity index is 1.88. The summed E-state index contributed by atoms with van der Waals surface area (Å²) in [5.74, 6) is -0.0157. The van der Waals surface area contributed by atoms with E-state index >= 15 is 0 Å². The minimum absolute atomic E-state index is 0.0349. The van der Waals surface area contributed by atoms with Gasteiger partial charge in [-0.05, 0) is 33.3 Å². The third kappa shape index (κ3) is 5.66. The number of carbonyl (C=O) groups excluding carboxylic acids is 1. The lowest BCUT2D eigenvalue weighted by atomic mass is 10.1. The lowest BCUT2D eigenvalue weighted by Crippen LogP contribution is -2.35. The summed E-state index contributed by atoms with van der Waals surface area (Å²) in [5.41, 5.74) is -1.49. The van der Waals surface area contributed by atoms with Gasteiger partial charge in [0.15, 0.2) is 0 Å². The molecular formula is C16H20ClF3N2O3. The second-order valence-corrected chi connectivity index (χ2v) is 7.31. The van der Waals surface area contributed by atoms with Gasteiger partial charge < -0.3 is 14.4 Å². The van der Waals surface area contributed by atoms with E-state index in [0.29, 0.717) is 25.7 Å². The van der Waals surface area contributed by atoms with Crippen LogP contribution in [0.1, 0.15) is 32.8 Å². The molecule has 1 amide bonds. The van der Waals surface area contributed by atoms with Gasteiger partial charge in [-0.3, -0.25) is 0 Å². The minimum Gasteiger partial charge on any atom is -0.476 e. The van der Waals surface area contributed by atoms with Crippen LogP contribution in [0.2, 0.25) is 5.02 Å². The number of hydrogen-bond donors (Lipinski definition) is 0. The zero-order chi connectivity index (χ0) is 18.8. The fraction of sp³-hybridized carbons (Fsp3) is 0.625. The van der Waals surface area contributed by atoms with Crippen LogP contribution in [0.25, 0.3) is 0 Å². The molecule has 2 heterocycles. The highest BCUT2D eigenvalue weighted by Gasteiger charge is 2.32. The number of halogens is 4. The largest absolute Gasteiger partial charge is 0.476 e. The monoisotopic (exact) mass is 380 g/mol. The van der Waals surface area contributed by atoms with Gasteiger partial charge in [-0.1, -0.05) is 11.6 Å². The molecule has 1 fully saturated rings. The van der Waals surface area contributed by atoms with Crippen molar-refractivity contribution in [3.05, 3.63) is 22.8 Å². The zero-order valence-corrected chi connectivity index (χ0v) is 14.9. The van der Waals surface area contributed by atoms with Crippen molar-refractivity contribution >= 4 is 17.7 Å². The third-order valence-electron chi connectivity index (χ3n) is 3.53. The fourth-order valence-corrected chi connectivity index (χ4v) is 2.57. The Morgan fingerprint density at radius 2 is 2.08 bits per heavy atom. The SMILES string of the molecule is CC(C)(C)OC(=O)N1CCC(COc2ncc(C(F)(F)F)cc2Cl)C1. The van der Waals surface area contributed by atoms with E-state index in [0.717, 1.165) is 6.07 Å². The summed E-state index contributed by atoms with van der Waals surface area (Å²) in [4.78, 5) is 17.2. The maximum Gasteiger partial charge on any atom is 0.417 e. The molecule has 1 atom stereocenters. The molecular weight excluding hydrogens is 361 g/mol. The molecule has 0 aliphatic carbocycles. The highest BCUT2D eigenvalue weighted by atomic mass is 35.5. The molecule has 1 aliphatic heterocycles. The Morgan fingerprint density at radius 3 is 2.64 bits per heavy atom. The molecule has 1 aromatic rings. The predicted octanol–water partition coefficient (Wildman–Crippen LogP) is 4.39. The van der Waals surface area contributed by atoms with Crippen molar-refractivity contribution in [3.8, 4) is 5.88 Å². The molecule has 1 saturated heterocycles. The van der Waals surface area contributed by atoms with Crippen LogP contribution >= 0.6 is 11.6 Å². The van der Waals surface area contributed by atoms with Crippen molar-refractivity contribution in [2.45, 2.75) is 39.0 Å². The molecule has 25 heavy (non-hydrogen) atoms. The minimum atomic E-state index is -4.51. The third-order valence-corrected chi connectivity index (χ3v) is 3.80. The molecule has 1 aromatic heterocycles. The number of alkyl halides is 3. The molecule has 1 aliphatic rings. The number of aromatic nitrogens is 1. The maximum atomic E-state index is 12.6. The van der Waals surface area contributed by atoms with Gasteiger partial charge >= 0.3 is 12.3 Å². The lowest BCUT2D eigenvalue weighted by Gasteiger charge is -2.24. The second kappa shape index (κ2) is 7.27. The molecule has 0 saturated carbocycles. The summed E-state index contributed by atoms with van der Waals surface area (Å²) in [6.07, 6.45) is -3.50. The first kappa shape index (κ1) is 19.6. The van der Waals surface area contributed by atoms with Crippen LogP contribution in [0.5, 0.6) is 5.88 Å². The van der Waals surface area contributed by atoms with E-state index < -0.39 is 17.3 Å². The molecule has 9 heteroatoms. The molecule has 0 N–H and O–H groups in total. The number of likely N-dealkylation sites (tertiary alicyclic amines) is 1. The van der Waals surface area contributed by atoms with Crippen LogP contribution < -0.4 is 4.74 Å². The normalized spacial score (nSPS) is 18.4. The van der Waals surface area contributed by atoms with Crippen LogP contribution in [0, 0.1) is 5.92 Å². The Labute approximate surface area is 149 Å². The quantitative estimate of drug-likeness (QED) is 0.780. The number of hydrogen-bond acceptors (Lipinski definition) is 4. The number of pyridine rings is 1. The van der Waals surface area contributed by atoms with Crippen molar-refractivity contribution in [2.24, 2.45) is 5.92 Å². The average molecular weight is 381 g/mol. The Morgan fingerprint density at radius 1 is 1.40 bits per heavy atom. The summed E-state index contributed by atoms with van der Waals surface area (Å²) in [7, 11) is 0. The number of ether oxygens (including phenoxy) is 2. The van der Waals surface area contributed by atoms with E-state index in [-0.39, 0.29) is 29.5 Å². The van der Waals surface area contributed by atoms with Gasteiger partial charge in [0, 0.05) is 25.2 Å². The number of rotatable bonds is 3. The highest BCUT2D eigenvalue weighted by molar-refractivity contribution is 6.31. The van der Waals surface area contributed by atoms with Crippen molar-refractivity contribution in [1.29, 1.82) is 0 Å². The molecule has 5 nitrogen and oxygen atoms in total. The summed E-state index contributed by atoms with van der Waals surface area (Å²) in [5, 5.41) is -0.197. The number of carbonyl (C=O) groups is 1. The molecule has 0 bridgehead atoms. The van der Waals surface area contributed by atoms with Crippen LogP contribution in [-0.4, -0.2) is 41.3 Å². The maximum absolute atomic E-state index is 12.6. The van der Waals surface area contributed by atoms with E-state index in [1.54, 1.807) is 25.7 Å². The van der Waals surface area contributed by atoms with Crippen LogP contribution in [-0.2, 0) is 10.9 Å². The summed E-state index contributed by atoms with van der Waals surface area (Å²) < 4.78 is 48.5. The van der Waals surface area contributed by atoms with Gasteiger partial charge in [-0.2, -0.15) is 13.2 Å². The van der Waals surface area contributed by atoms with E-state index in [1.165, 1.54) is 0 Å². The summed E-state index contributed by atoms with van der Waals surface area (Å²) in [6, 6.07) is 0.783. The van der Waals surface area contributed by atoms with Crippen LogP contribution in [0.3, 0.4) is 0 Å². The Kier molecular flexibility index (Phi) is 5.71. The Bertz CT molecular complexity index is 632. The van der Waals surface area contributed by atoms with Crippen molar-refractivity contribution in [3.63, 3.8) is 0 Å². The van der Waals surface area contributed by atoms with Crippen LogP contribution in [0.15, 0.2) is 12.3 Å². The van der Waals surface area contributed by atoms with Crippen LogP contribution in [0.4, 0.5) is 18.0 Å². The second-order valence-electron chi connectivity index (χ2n) is 6.90. The standard InChI is InChI=1S/C16H20ClF3N2O3/c1-15(2,3)25-14(23)22-5-4-10(8-22)9-24-13-12(17)6-11(7-21-13)16(18,19)20/h6-7,10H,4-5,8-9H2,1-3H3. The van der Waals surface area contributed by atoms with Gasteiger partial charge in [0.05, 0.1) is 12.2 Å². The zero-order valence-electron chi connectivity index (χ0n) is 14.2. The van der Waals surface area contributed by atoms with Gasteiger partial charge in [0.2, 0.25) is 5.88 Å². The van der Waals surface area contributed by atoms with Gasteiger partial charge in [0.25, 0.3) is 0 Å². The number of amides is 1. The van der Waals surface area contributed by atoms with E-state index in [1.807, 2.05) is 0 Å². The lowest BCUT2D eigenvalue weighted by molar-refractivity contribution is -0.137. The fourth-order valence-electron chi connectivity index (χ4n) is 2.34. The van der Waals surface area contributed by atoms with Gasteiger partial charge in [-0.15, -0.1) is 0 Å². The van der Waals surface area contributed by atoms with E-state index in [4.69, 9.17) is 21.1 Å². The summed E-state index contributed by atoms with van der Waals surface area (Å²) >= 11 is 5.80. The first-order chi connectivity index (χ1) is 11.5. The summed E-state index contributed by atoms with van der Waals surface area (Å²) in [6.45, 7) is 6.57. The Hall–Kier alpha value is -1.70. The van der Waals surface area contributed by atoms with E-state index in [2.05, 4.69) is 4.98 Å². The molecule has 0 aromatic carbocycles. The first-order valence-corrected chi connectivity index (χ1v) is 8.17. The molecule has 2 rings (SSSR count).